The largest absolute Gasteiger partial charge is 0.496 e. The lowest BCUT2D eigenvalue weighted by molar-refractivity contribution is -0.384. The Morgan fingerprint density at radius 3 is 2.53 bits per heavy atom. The summed E-state index contributed by atoms with van der Waals surface area (Å²) in [5.74, 6) is -2.71. The van der Waals surface area contributed by atoms with Gasteiger partial charge in [-0.15, -0.1) is 0 Å². The van der Waals surface area contributed by atoms with Crippen LogP contribution in [0.3, 0.4) is 0 Å². The number of nitrogens with zero attached hydrogens (tertiary/aromatic N) is 2. The lowest BCUT2D eigenvalue weighted by Gasteiger charge is -2.50. The topological polar surface area (TPSA) is 170 Å². The van der Waals surface area contributed by atoms with Crippen LogP contribution in [0.5, 0.6) is 5.75 Å². The van der Waals surface area contributed by atoms with Crippen LogP contribution in [0.15, 0.2) is 46.9 Å². The normalized spacial score (nSPS) is 22.7. The first-order valence-corrected chi connectivity index (χ1v) is 15.0. The van der Waals surface area contributed by atoms with E-state index in [1.807, 2.05) is 0 Å². The smallest absolute Gasteiger partial charge is 0.289 e. The first-order valence-electron chi connectivity index (χ1n) is 13.2. The third-order valence-corrected chi connectivity index (χ3v) is 10.2. The van der Waals surface area contributed by atoms with Crippen LogP contribution in [-0.2, 0) is 29.0 Å². The molecule has 0 aliphatic carbocycles. The van der Waals surface area contributed by atoms with E-state index in [0.717, 1.165) is 29.2 Å². The van der Waals surface area contributed by atoms with Gasteiger partial charge >= 0.3 is 0 Å². The summed E-state index contributed by atoms with van der Waals surface area (Å²) in [4.78, 5) is 56.3. The van der Waals surface area contributed by atoms with Crippen molar-refractivity contribution >= 4 is 56.6 Å². The Hall–Kier alpha value is -4.17. The van der Waals surface area contributed by atoms with E-state index >= 15 is 0 Å². The molecule has 15 heteroatoms. The maximum absolute atomic E-state index is 13.8. The van der Waals surface area contributed by atoms with Crippen LogP contribution in [0.4, 0.5) is 10.1 Å². The molecule has 0 saturated carbocycles. The molecule has 12 nitrogen and oxygen atoms in total. The molecule has 0 bridgehead atoms. The number of sulfone groups is 1. The Morgan fingerprint density at radius 2 is 1.88 bits per heavy atom. The molecule has 228 valence electrons. The molecular weight excluding hydrogens is 609 g/mol. The number of carbonyl (C=O) groups is 4. The highest BCUT2D eigenvalue weighted by atomic mass is 35.5. The van der Waals surface area contributed by atoms with Crippen LogP contribution >= 0.6 is 11.6 Å². The number of benzene rings is 2. The first-order chi connectivity index (χ1) is 20.3. The Morgan fingerprint density at radius 1 is 1.16 bits per heavy atom. The van der Waals surface area contributed by atoms with Crippen LogP contribution in [-0.4, -0.2) is 66.7 Å². The number of hydrogen-bond acceptors (Lipinski definition) is 9. The molecule has 3 saturated heterocycles. The fourth-order valence-electron chi connectivity index (χ4n) is 5.40. The number of fused-ring (bicyclic) bond motifs is 1. The van der Waals surface area contributed by atoms with E-state index < -0.39 is 53.6 Å². The molecule has 3 aliphatic rings. The fraction of sp³-hybridized carbons (Fsp3) is 0.357. The number of amides is 2. The summed E-state index contributed by atoms with van der Waals surface area (Å²) in [5.41, 5.74) is -0.473. The number of nitro groups is 1. The summed E-state index contributed by atoms with van der Waals surface area (Å²) < 4.78 is 46.6. The zero-order chi connectivity index (χ0) is 31.7. The number of β-lactam (4-membered cyclic amide) rings is 1. The highest BCUT2D eigenvalue weighted by Gasteiger charge is 2.75. The second-order valence-electron chi connectivity index (χ2n) is 9.98. The predicted octanol–water partition coefficient (Wildman–Crippen LogP) is 3.26. The maximum atomic E-state index is 13.8. The molecule has 3 heterocycles. The summed E-state index contributed by atoms with van der Waals surface area (Å²) in [6, 6.07) is 6.55. The van der Waals surface area contributed by atoms with Crippen molar-refractivity contribution in [3.63, 3.8) is 0 Å². The Bertz CT molecular complexity index is 1660. The van der Waals surface area contributed by atoms with E-state index in [-0.39, 0.29) is 46.6 Å². The van der Waals surface area contributed by atoms with E-state index in [9.17, 15) is 42.1 Å². The van der Waals surface area contributed by atoms with E-state index in [1.54, 1.807) is 6.92 Å². The van der Waals surface area contributed by atoms with Gasteiger partial charge in [-0.2, -0.15) is 0 Å². The van der Waals surface area contributed by atoms with Crippen LogP contribution < -0.4 is 10.1 Å². The average Bonchev–Trinajstić information content (AvgIpc) is 3.06. The monoisotopic (exact) mass is 635 g/mol. The van der Waals surface area contributed by atoms with Gasteiger partial charge in [0.1, 0.15) is 22.4 Å². The van der Waals surface area contributed by atoms with Gasteiger partial charge in [-0.05, 0) is 42.8 Å². The van der Waals surface area contributed by atoms with Crippen molar-refractivity contribution in [3.05, 3.63) is 68.5 Å². The molecular formula is C28H27ClFN3O9S. The number of methoxy groups -OCH3 is 1. The van der Waals surface area contributed by atoms with Gasteiger partial charge in [0, 0.05) is 43.0 Å². The molecule has 1 unspecified atom stereocenters. The van der Waals surface area contributed by atoms with Gasteiger partial charge in [0.2, 0.25) is 32.3 Å². The van der Waals surface area contributed by atoms with Crippen LogP contribution in [0.25, 0.3) is 6.08 Å². The average molecular weight is 636 g/mol. The molecule has 2 aromatic carbocycles. The molecule has 0 radical (unpaired) electrons. The van der Waals surface area contributed by atoms with Crippen molar-refractivity contribution in [2.75, 3.05) is 20.2 Å². The minimum atomic E-state index is -4.62. The predicted molar refractivity (Wildman–Crippen MR) is 151 cm³/mol. The molecule has 2 amide bonds. The van der Waals surface area contributed by atoms with E-state index in [4.69, 9.17) is 16.3 Å². The zero-order valence-corrected chi connectivity index (χ0v) is 24.7. The minimum Gasteiger partial charge on any atom is -0.496 e. The Kier molecular flexibility index (Phi) is 9.02. The summed E-state index contributed by atoms with van der Waals surface area (Å²) >= 11 is 5.82. The van der Waals surface area contributed by atoms with Gasteiger partial charge < -0.3 is 15.0 Å². The molecule has 2 atom stereocenters. The summed E-state index contributed by atoms with van der Waals surface area (Å²) in [7, 11) is -3.26. The van der Waals surface area contributed by atoms with Crippen molar-refractivity contribution in [2.45, 2.75) is 42.4 Å². The van der Waals surface area contributed by atoms with E-state index in [0.29, 0.717) is 25.8 Å². The zero-order valence-electron chi connectivity index (χ0n) is 23.1. The van der Waals surface area contributed by atoms with E-state index in [2.05, 4.69) is 5.32 Å². The number of ether oxygens (including phenoxy) is 1. The second-order valence-corrected chi connectivity index (χ2v) is 12.5. The number of carbonyl (C=O) groups excluding carboxylic acids is 4. The summed E-state index contributed by atoms with van der Waals surface area (Å²) in [6.07, 6.45) is 2.65. The summed E-state index contributed by atoms with van der Waals surface area (Å²) in [5, 5.41) is 13.6. The van der Waals surface area contributed by atoms with Gasteiger partial charge in [0.25, 0.3) is 5.69 Å². The molecule has 5 rings (SSSR count). The van der Waals surface area contributed by atoms with Crippen molar-refractivity contribution in [1.82, 2.24) is 10.2 Å². The number of nitrogens with one attached hydrogen (secondary N) is 1. The molecule has 3 aliphatic heterocycles. The van der Waals surface area contributed by atoms with Crippen LogP contribution in [0.1, 0.15) is 38.2 Å². The number of rotatable bonds is 6. The SMILES string of the molecule is CC[C@@H]1C(=O)N2CC(=Cc3cc(F)ccc3OC)C(=O)C12S(=O)(=O)c1ccc(Cl)c([N+](=O)[O-])c1.O=C1CCNC(=O)CC1. The molecule has 0 spiro atoms. The van der Waals surface area contributed by atoms with Crippen molar-refractivity contribution < 1.29 is 41.6 Å². The van der Waals surface area contributed by atoms with Gasteiger partial charge in [-0.3, -0.25) is 29.3 Å². The lowest BCUT2D eigenvalue weighted by atomic mass is 9.84. The number of Topliss-reactive ketones (excluding diaryl/α,β-unsaturated/α-hetero) is 2. The summed E-state index contributed by atoms with van der Waals surface area (Å²) in [6.45, 7) is 1.78. The number of nitro benzene ring substituents is 1. The third-order valence-electron chi connectivity index (χ3n) is 7.50. The highest BCUT2D eigenvalue weighted by molar-refractivity contribution is 7.93. The number of hydrogen-bond donors (Lipinski definition) is 1. The molecule has 3 fully saturated rings. The van der Waals surface area contributed by atoms with Crippen LogP contribution in [0, 0.1) is 21.8 Å². The quantitative estimate of drug-likeness (QED) is 0.217. The lowest BCUT2D eigenvalue weighted by Crippen LogP contribution is -2.73. The number of halogens is 2. The first kappa shape index (κ1) is 31.8. The second kappa shape index (κ2) is 12.2. The highest BCUT2D eigenvalue weighted by Crippen LogP contribution is 2.53. The Labute approximate surface area is 250 Å². The van der Waals surface area contributed by atoms with Crippen molar-refractivity contribution in [2.24, 2.45) is 5.92 Å². The van der Waals surface area contributed by atoms with Gasteiger partial charge in [0.15, 0.2) is 0 Å². The third kappa shape index (κ3) is 5.52. The van der Waals surface area contributed by atoms with Gasteiger partial charge in [-0.25, -0.2) is 12.8 Å². The molecule has 43 heavy (non-hydrogen) atoms. The van der Waals surface area contributed by atoms with Crippen molar-refractivity contribution in [3.8, 4) is 5.75 Å². The molecule has 2 aromatic rings. The number of ketones is 2. The fourth-order valence-corrected chi connectivity index (χ4v) is 7.92. The molecule has 0 aromatic heterocycles. The van der Waals surface area contributed by atoms with Gasteiger partial charge in [0.05, 0.1) is 29.4 Å². The minimum absolute atomic E-state index is 0.000787. The van der Waals surface area contributed by atoms with Crippen molar-refractivity contribution in [1.29, 1.82) is 0 Å². The van der Waals surface area contributed by atoms with Gasteiger partial charge in [-0.1, -0.05) is 18.5 Å². The standard InChI is InChI=1S/C22H18ClFN2O7S.C6H9NO2/c1-3-16-21(28)25-11-13(8-12-9-14(24)4-7-19(12)33-2)20(27)22(16,25)34(31,32)15-5-6-17(23)18(10-15)26(29)30;8-5-1-2-6(9)7-4-3-5/h4-10,16H,3,11H2,1-2H3;1-4H2,(H,7,9)/t16-,22?;/m1./s1. The molecule has 1 N–H and O–H groups in total. The Balaban J connectivity index is 0.000000403. The van der Waals surface area contributed by atoms with Crippen LogP contribution in [0.2, 0.25) is 5.02 Å². The maximum Gasteiger partial charge on any atom is 0.289 e. The van der Waals surface area contributed by atoms with E-state index in [1.165, 1.54) is 25.3 Å².